The number of piperidine rings is 1. The normalized spacial score (nSPS) is 15.9. The standard InChI is InChI=1S/C20H31NO4/c1-3-4-5-6-13-25-18-8-7-16(14-19(18)24-2)15-21-11-9-17(10-12-21)20(22)23/h7-8,14,17H,3-6,9-13,15H2,1-2H3,(H,22,23). The fourth-order valence-electron chi connectivity index (χ4n) is 3.24. The molecule has 2 rings (SSSR count). The molecular formula is C20H31NO4. The summed E-state index contributed by atoms with van der Waals surface area (Å²) in [5, 5.41) is 9.08. The second-order valence-corrected chi connectivity index (χ2v) is 6.78. The lowest BCUT2D eigenvalue weighted by molar-refractivity contribution is -0.143. The molecule has 0 atom stereocenters. The Kier molecular flexibility index (Phi) is 8.06. The van der Waals surface area contributed by atoms with Gasteiger partial charge in [0.05, 0.1) is 19.6 Å². The van der Waals surface area contributed by atoms with E-state index in [9.17, 15) is 4.79 Å². The number of carbonyl (C=O) groups is 1. The number of unbranched alkanes of at least 4 members (excludes halogenated alkanes) is 3. The van der Waals surface area contributed by atoms with Gasteiger partial charge in [0.2, 0.25) is 0 Å². The van der Waals surface area contributed by atoms with Crippen LogP contribution in [0.15, 0.2) is 18.2 Å². The number of aliphatic carboxylic acids is 1. The number of methoxy groups -OCH3 is 1. The predicted octanol–water partition coefficient (Wildman–Crippen LogP) is 3.95. The number of carboxylic acid groups (broad SMARTS) is 1. The minimum atomic E-state index is -0.665. The van der Waals surface area contributed by atoms with Crippen molar-refractivity contribution in [3.8, 4) is 11.5 Å². The Hall–Kier alpha value is -1.75. The Bertz CT molecular complexity index is 538. The number of benzene rings is 1. The second-order valence-electron chi connectivity index (χ2n) is 6.78. The lowest BCUT2D eigenvalue weighted by Gasteiger charge is -2.30. The van der Waals surface area contributed by atoms with Crippen molar-refractivity contribution in [2.24, 2.45) is 5.92 Å². The molecule has 0 spiro atoms. The maximum absolute atomic E-state index is 11.0. The van der Waals surface area contributed by atoms with E-state index in [0.29, 0.717) is 0 Å². The number of hydrogen-bond donors (Lipinski definition) is 1. The molecular weight excluding hydrogens is 318 g/mol. The molecule has 1 aliphatic rings. The smallest absolute Gasteiger partial charge is 0.306 e. The van der Waals surface area contributed by atoms with Crippen LogP contribution in [0.25, 0.3) is 0 Å². The average Bonchev–Trinajstić information content (AvgIpc) is 2.62. The van der Waals surface area contributed by atoms with Gasteiger partial charge in [-0.3, -0.25) is 9.69 Å². The summed E-state index contributed by atoms with van der Waals surface area (Å²) in [6, 6.07) is 6.09. The third-order valence-electron chi connectivity index (χ3n) is 4.83. The molecule has 1 saturated heterocycles. The van der Waals surface area contributed by atoms with Gasteiger partial charge < -0.3 is 14.6 Å². The van der Waals surface area contributed by atoms with Gasteiger partial charge in [-0.05, 0) is 50.0 Å². The average molecular weight is 349 g/mol. The Morgan fingerprint density at radius 3 is 2.60 bits per heavy atom. The maximum atomic E-state index is 11.0. The molecule has 0 bridgehead atoms. The van der Waals surface area contributed by atoms with E-state index in [4.69, 9.17) is 14.6 Å². The topological polar surface area (TPSA) is 59.0 Å². The molecule has 1 heterocycles. The summed E-state index contributed by atoms with van der Waals surface area (Å²) in [5.74, 6) is 0.719. The number of rotatable bonds is 10. The molecule has 0 radical (unpaired) electrons. The van der Waals surface area contributed by atoms with Gasteiger partial charge in [-0.25, -0.2) is 0 Å². The van der Waals surface area contributed by atoms with Gasteiger partial charge >= 0.3 is 5.97 Å². The zero-order valence-electron chi connectivity index (χ0n) is 15.5. The van der Waals surface area contributed by atoms with E-state index in [1.54, 1.807) is 7.11 Å². The quantitative estimate of drug-likeness (QED) is 0.648. The van der Waals surface area contributed by atoms with Crippen molar-refractivity contribution in [2.45, 2.75) is 52.0 Å². The minimum absolute atomic E-state index is 0.186. The van der Waals surface area contributed by atoms with Crippen LogP contribution < -0.4 is 9.47 Å². The predicted molar refractivity (Wildman–Crippen MR) is 98.3 cm³/mol. The molecule has 5 heteroatoms. The van der Waals surface area contributed by atoms with Crippen LogP contribution in [-0.4, -0.2) is 42.8 Å². The van der Waals surface area contributed by atoms with Crippen LogP contribution in [0.4, 0.5) is 0 Å². The summed E-state index contributed by atoms with van der Waals surface area (Å²) in [5.41, 5.74) is 1.17. The summed E-state index contributed by atoms with van der Waals surface area (Å²) < 4.78 is 11.3. The van der Waals surface area contributed by atoms with Crippen LogP contribution in [-0.2, 0) is 11.3 Å². The number of nitrogens with zero attached hydrogens (tertiary/aromatic N) is 1. The molecule has 1 aliphatic heterocycles. The van der Waals surface area contributed by atoms with Crippen molar-refractivity contribution in [1.29, 1.82) is 0 Å². The Morgan fingerprint density at radius 2 is 1.96 bits per heavy atom. The van der Waals surface area contributed by atoms with E-state index in [2.05, 4.69) is 17.9 Å². The fourth-order valence-corrected chi connectivity index (χ4v) is 3.24. The largest absolute Gasteiger partial charge is 0.493 e. The van der Waals surface area contributed by atoms with Crippen molar-refractivity contribution >= 4 is 5.97 Å². The van der Waals surface area contributed by atoms with Crippen LogP contribution in [0.2, 0.25) is 0 Å². The van der Waals surface area contributed by atoms with E-state index in [0.717, 1.165) is 57.0 Å². The number of carboxylic acids is 1. The molecule has 1 aromatic rings. The van der Waals surface area contributed by atoms with E-state index in [1.807, 2.05) is 12.1 Å². The summed E-state index contributed by atoms with van der Waals surface area (Å²) in [6.07, 6.45) is 6.19. The first-order chi connectivity index (χ1) is 12.1. The third kappa shape index (κ3) is 6.24. The lowest BCUT2D eigenvalue weighted by atomic mass is 9.97. The highest BCUT2D eigenvalue weighted by molar-refractivity contribution is 5.70. The van der Waals surface area contributed by atoms with Crippen molar-refractivity contribution in [1.82, 2.24) is 4.90 Å². The van der Waals surface area contributed by atoms with E-state index < -0.39 is 5.97 Å². The number of likely N-dealkylation sites (tertiary alicyclic amines) is 1. The zero-order valence-corrected chi connectivity index (χ0v) is 15.5. The highest BCUT2D eigenvalue weighted by atomic mass is 16.5. The number of ether oxygens (including phenoxy) is 2. The van der Waals surface area contributed by atoms with Crippen molar-refractivity contribution in [2.75, 3.05) is 26.8 Å². The monoisotopic (exact) mass is 349 g/mol. The first kappa shape index (κ1) is 19.6. The Labute approximate surface area is 150 Å². The fraction of sp³-hybridized carbons (Fsp3) is 0.650. The molecule has 0 amide bonds. The van der Waals surface area contributed by atoms with Gasteiger partial charge in [0.25, 0.3) is 0 Å². The molecule has 5 nitrogen and oxygen atoms in total. The van der Waals surface area contributed by atoms with Gasteiger partial charge in [-0.15, -0.1) is 0 Å². The summed E-state index contributed by atoms with van der Waals surface area (Å²) in [6.45, 7) is 5.40. The SMILES string of the molecule is CCCCCCOc1ccc(CN2CCC(C(=O)O)CC2)cc1OC. The highest BCUT2D eigenvalue weighted by Gasteiger charge is 2.24. The molecule has 25 heavy (non-hydrogen) atoms. The highest BCUT2D eigenvalue weighted by Crippen LogP contribution is 2.29. The first-order valence-electron chi connectivity index (χ1n) is 9.39. The van der Waals surface area contributed by atoms with Crippen molar-refractivity contribution in [3.05, 3.63) is 23.8 Å². The van der Waals surface area contributed by atoms with Crippen molar-refractivity contribution < 1.29 is 19.4 Å². The number of hydrogen-bond acceptors (Lipinski definition) is 4. The molecule has 0 aliphatic carbocycles. The third-order valence-corrected chi connectivity index (χ3v) is 4.83. The molecule has 0 aromatic heterocycles. The maximum Gasteiger partial charge on any atom is 0.306 e. The van der Waals surface area contributed by atoms with Gasteiger partial charge in [0.1, 0.15) is 0 Å². The van der Waals surface area contributed by atoms with Crippen LogP contribution >= 0.6 is 0 Å². The molecule has 1 N–H and O–H groups in total. The molecule has 1 aromatic carbocycles. The molecule has 0 unspecified atom stereocenters. The minimum Gasteiger partial charge on any atom is -0.493 e. The molecule has 140 valence electrons. The summed E-state index contributed by atoms with van der Waals surface area (Å²) in [4.78, 5) is 13.3. The second kappa shape index (κ2) is 10.3. The zero-order chi connectivity index (χ0) is 18.1. The van der Waals surface area contributed by atoms with Crippen molar-refractivity contribution in [3.63, 3.8) is 0 Å². The van der Waals surface area contributed by atoms with Gasteiger partial charge in [0.15, 0.2) is 11.5 Å². The van der Waals surface area contributed by atoms with Crippen LogP contribution in [0.3, 0.4) is 0 Å². The lowest BCUT2D eigenvalue weighted by Crippen LogP contribution is -2.35. The Morgan fingerprint density at radius 1 is 1.20 bits per heavy atom. The summed E-state index contributed by atoms with van der Waals surface area (Å²) in [7, 11) is 1.67. The first-order valence-corrected chi connectivity index (χ1v) is 9.39. The van der Waals surface area contributed by atoms with Crippen LogP contribution in [0, 0.1) is 5.92 Å². The van der Waals surface area contributed by atoms with E-state index in [-0.39, 0.29) is 5.92 Å². The van der Waals surface area contributed by atoms with Gasteiger partial charge in [-0.1, -0.05) is 32.3 Å². The van der Waals surface area contributed by atoms with Crippen LogP contribution in [0.5, 0.6) is 11.5 Å². The van der Waals surface area contributed by atoms with Gasteiger partial charge in [-0.2, -0.15) is 0 Å². The molecule has 1 fully saturated rings. The molecule has 0 saturated carbocycles. The van der Waals surface area contributed by atoms with Gasteiger partial charge in [0, 0.05) is 6.54 Å². The summed E-state index contributed by atoms with van der Waals surface area (Å²) >= 11 is 0. The van der Waals surface area contributed by atoms with E-state index in [1.165, 1.54) is 24.8 Å². The Balaban J connectivity index is 1.85. The van der Waals surface area contributed by atoms with E-state index >= 15 is 0 Å². The van der Waals surface area contributed by atoms with Crippen LogP contribution in [0.1, 0.15) is 51.0 Å².